The molecule has 0 saturated carbocycles. The summed E-state index contributed by atoms with van der Waals surface area (Å²) < 4.78 is 11.0. The fourth-order valence-corrected chi connectivity index (χ4v) is 4.69. The summed E-state index contributed by atoms with van der Waals surface area (Å²) in [5.74, 6) is 1.84. The van der Waals surface area contributed by atoms with Gasteiger partial charge in [0.1, 0.15) is 5.52 Å². The zero-order chi connectivity index (χ0) is 27.2. The quantitative estimate of drug-likeness (QED) is 0.290. The van der Waals surface area contributed by atoms with Gasteiger partial charge < -0.3 is 24.7 Å². The third kappa shape index (κ3) is 4.25. The Bertz CT molecular complexity index is 1910. The van der Waals surface area contributed by atoms with Crippen molar-refractivity contribution in [3.05, 3.63) is 61.1 Å². The van der Waals surface area contributed by atoms with Gasteiger partial charge in [-0.2, -0.15) is 5.10 Å². The molecule has 1 amide bonds. The molecule has 0 atom stereocenters. The van der Waals surface area contributed by atoms with Gasteiger partial charge in [0, 0.05) is 23.5 Å². The van der Waals surface area contributed by atoms with Gasteiger partial charge in [-0.25, -0.2) is 15.0 Å². The van der Waals surface area contributed by atoms with Gasteiger partial charge in [-0.3, -0.25) is 14.9 Å². The normalized spacial score (nSPS) is 12.5. The summed E-state index contributed by atoms with van der Waals surface area (Å²) in [5, 5.41) is 10.4. The van der Waals surface area contributed by atoms with Crippen LogP contribution in [0.2, 0.25) is 0 Å². The molecule has 6 heterocycles. The Hall–Kier alpha value is -5.36. The molecule has 0 bridgehead atoms. The SMILES string of the molecule is CN(C)CC(=O)Nc1cncc(-c2ccc3[nH]nc(-c4nc5nccc(-c6ccc7c(c6)OCO7)c5[nH]4)c3n2)c1. The molecule has 12 heteroatoms. The van der Waals surface area contributed by atoms with Crippen molar-refractivity contribution < 1.29 is 14.3 Å². The number of hydrogen-bond donors (Lipinski definition) is 3. The van der Waals surface area contributed by atoms with Crippen LogP contribution in [-0.4, -0.2) is 73.4 Å². The van der Waals surface area contributed by atoms with Crippen molar-refractivity contribution >= 4 is 33.8 Å². The van der Waals surface area contributed by atoms with Crippen molar-refractivity contribution in [2.45, 2.75) is 0 Å². The molecule has 6 aromatic rings. The standard InChI is InChI=1S/C28H23N9O3/c1-37(2)13-23(38)31-17-9-16(11-29-12-17)19-4-5-20-25(32-19)26(36-35-20)28-33-24-18(7-8-30-27(24)34-28)15-3-6-21-22(10-15)40-14-39-21/h3-12H,13-14H2,1-2H3,(H,31,38)(H,35,36)(H,30,33,34). The summed E-state index contributed by atoms with van der Waals surface area (Å²) in [5.41, 5.74) is 7.20. The number of fused-ring (bicyclic) bond motifs is 3. The second-order valence-corrected chi connectivity index (χ2v) is 9.62. The monoisotopic (exact) mass is 533 g/mol. The number of benzene rings is 1. The average Bonchev–Trinajstić information content (AvgIpc) is 3.69. The minimum Gasteiger partial charge on any atom is -0.454 e. The summed E-state index contributed by atoms with van der Waals surface area (Å²) in [6, 6.07) is 13.4. The lowest BCUT2D eigenvalue weighted by atomic mass is 10.1. The highest BCUT2D eigenvalue weighted by atomic mass is 16.7. The second kappa shape index (κ2) is 9.43. The van der Waals surface area contributed by atoms with Gasteiger partial charge in [0.2, 0.25) is 12.7 Å². The lowest BCUT2D eigenvalue weighted by Crippen LogP contribution is -2.27. The number of likely N-dealkylation sites (N-methyl/N-ethyl adjacent to an activating group) is 1. The van der Waals surface area contributed by atoms with E-state index in [9.17, 15) is 4.79 Å². The molecule has 12 nitrogen and oxygen atoms in total. The molecule has 198 valence electrons. The number of ether oxygens (including phenoxy) is 2. The van der Waals surface area contributed by atoms with Gasteiger partial charge in [0.15, 0.2) is 28.7 Å². The third-order valence-corrected chi connectivity index (χ3v) is 6.49. The molecule has 0 radical (unpaired) electrons. The van der Waals surface area contributed by atoms with Gasteiger partial charge >= 0.3 is 0 Å². The molecule has 0 spiro atoms. The van der Waals surface area contributed by atoms with Crippen molar-refractivity contribution in [3.63, 3.8) is 0 Å². The van der Waals surface area contributed by atoms with Crippen molar-refractivity contribution in [1.29, 1.82) is 0 Å². The first kappa shape index (κ1) is 23.7. The first-order chi connectivity index (χ1) is 19.5. The van der Waals surface area contributed by atoms with Crippen LogP contribution < -0.4 is 14.8 Å². The van der Waals surface area contributed by atoms with Gasteiger partial charge in [0.25, 0.3) is 0 Å². The van der Waals surface area contributed by atoms with E-state index in [4.69, 9.17) is 19.4 Å². The highest BCUT2D eigenvalue weighted by molar-refractivity contribution is 5.95. The Morgan fingerprint density at radius 3 is 2.83 bits per heavy atom. The number of aromatic amines is 2. The van der Waals surface area contributed by atoms with Crippen molar-refractivity contribution in [2.75, 3.05) is 32.7 Å². The lowest BCUT2D eigenvalue weighted by molar-refractivity contribution is -0.116. The molecule has 40 heavy (non-hydrogen) atoms. The molecule has 0 saturated heterocycles. The summed E-state index contributed by atoms with van der Waals surface area (Å²) in [6.45, 7) is 0.487. The molecule has 1 aliphatic rings. The highest BCUT2D eigenvalue weighted by Crippen LogP contribution is 2.38. The van der Waals surface area contributed by atoms with Crippen LogP contribution in [0, 0.1) is 0 Å². The summed E-state index contributed by atoms with van der Waals surface area (Å²) in [7, 11) is 3.68. The predicted octanol–water partition coefficient (Wildman–Crippen LogP) is 3.85. The van der Waals surface area contributed by atoms with Crippen LogP contribution in [0.4, 0.5) is 5.69 Å². The van der Waals surface area contributed by atoms with Crippen molar-refractivity contribution in [1.82, 2.24) is 40.0 Å². The number of carbonyl (C=O) groups is 1. The minimum absolute atomic E-state index is 0.122. The van der Waals surface area contributed by atoms with Gasteiger partial charge in [-0.15, -0.1) is 0 Å². The molecule has 0 fully saturated rings. The van der Waals surface area contributed by atoms with E-state index in [0.717, 1.165) is 33.5 Å². The van der Waals surface area contributed by atoms with E-state index in [-0.39, 0.29) is 19.2 Å². The summed E-state index contributed by atoms with van der Waals surface area (Å²) >= 11 is 0. The van der Waals surface area contributed by atoms with E-state index in [2.05, 4.69) is 30.5 Å². The van der Waals surface area contributed by atoms with E-state index < -0.39 is 0 Å². The Morgan fingerprint density at radius 2 is 1.93 bits per heavy atom. The Kier molecular flexibility index (Phi) is 5.60. The van der Waals surface area contributed by atoms with Gasteiger partial charge in [-0.05, 0) is 56.1 Å². The van der Waals surface area contributed by atoms with Crippen LogP contribution in [0.25, 0.3) is 56.1 Å². The Balaban J connectivity index is 1.25. The number of amides is 1. The largest absolute Gasteiger partial charge is 0.454 e. The average molecular weight is 534 g/mol. The predicted molar refractivity (Wildman–Crippen MR) is 149 cm³/mol. The molecule has 3 N–H and O–H groups in total. The van der Waals surface area contributed by atoms with Crippen LogP contribution in [0.1, 0.15) is 0 Å². The molecule has 0 aliphatic carbocycles. The maximum atomic E-state index is 12.2. The van der Waals surface area contributed by atoms with Crippen molar-refractivity contribution in [3.8, 4) is 45.4 Å². The topological polar surface area (TPSA) is 147 Å². The minimum atomic E-state index is -0.122. The zero-order valence-electron chi connectivity index (χ0n) is 21.6. The van der Waals surface area contributed by atoms with E-state index >= 15 is 0 Å². The molecule has 1 aliphatic heterocycles. The number of carbonyl (C=O) groups excluding carboxylic acids is 1. The fourth-order valence-electron chi connectivity index (χ4n) is 4.69. The van der Waals surface area contributed by atoms with E-state index in [1.807, 2.05) is 56.6 Å². The maximum absolute atomic E-state index is 12.2. The number of rotatable bonds is 6. The van der Waals surface area contributed by atoms with Crippen LogP contribution in [0.3, 0.4) is 0 Å². The van der Waals surface area contributed by atoms with Gasteiger partial charge in [-0.1, -0.05) is 6.07 Å². The fraction of sp³-hybridized carbons (Fsp3) is 0.143. The molecule has 7 rings (SSSR count). The lowest BCUT2D eigenvalue weighted by Gasteiger charge is -2.10. The molecular weight excluding hydrogens is 510 g/mol. The zero-order valence-corrected chi connectivity index (χ0v) is 21.6. The third-order valence-electron chi connectivity index (χ3n) is 6.49. The van der Waals surface area contributed by atoms with E-state index in [1.54, 1.807) is 23.5 Å². The number of anilines is 1. The van der Waals surface area contributed by atoms with Crippen molar-refractivity contribution in [2.24, 2.45) is 0 Å². The van der Waals surface area contributed by atoms with E-state index in [0.29, 0.717) is 39.8 Å². The molecular formula is C28H23N9O3. The second-order valence-electron chi connectivity index (χ2n) is 9.62. The first-order valence-corrected chi connectivity index (χ1v) is 12.5. The number of nitrogens with zero attached hydrogens (tertiary/aromatic N) is 6. The molecule has 5 aromatic heterocycles. The highest BCUT2D eigenvalue weighted by Gasteiger charge is 2.19. The van der Waals surface area contributed by atoms with Crippen LogP contribution >= 0.6 is 0 Å². The molecule has 0 unspecified atom stereocenters. The van der Waals surface area contributed by atoms with Crippen LogP contribution in [-0.2, 0) is 4.79 Å². The smallest absolute Gasteiger partial charge is 0.238 e. The number of aromatic nitrogens is 7. The Labute approximate surface area is 227 Å². The van der Waals surface area contributed by atoms with Gasteiger partial charge in [0.05, 0.1) is 35.2 Å². The number of imidazole rings is 1. The van der Waals surface area contributed by atoms with E-state index in [1.165, 1.54) is 0 Å². The number of H-pyrrole nitrogens is 2. The first-order valence-electron chi connectivity index (χ1n) is 12.5. The summed E-state index contributed by atoms with van der Waals surface area (Å²) in [4.78, 5) is 35.8. The number of hydrogen-bond acceptors (Lipinski definition) is 9. The number of pyridine rings is 3. The van der Waals surface area contributed by atoms with Crippen LogP contribution in [0.5, 0.6) is 11.5 Å². The summed E-state index contributed by atoms with van der Waals surface area (Å²) in [6.07, 6.45) is 5.04. The molecule has 1 aromatic carbocycles. The maximum Gasteiger partial charge on any atom is 0.238 e. The van der Waals surface area contributed by atoms with Crippen LogP contribution in [0.15, 0.2) is 61.1 Å². The number of nitrogens with one attached hydrogen (secondary N) is 3. The Morgan fingerprint density at radius 1 is 1.02 bits per heavy atom.